The second kappa shape index (κ2) is 10.0. The molecule has 1 aliphatic heterocycles. The van der Waals surface area contributed by atoms with Crippen LogP contribution in [0.3, 0.4) is 0 Å². The standard InChI is InChI=1S/C23H27F3N6O2/c24-23(25,26)16-1-3-17(4-2-16)29-22-19(21(28)33)14-32(30-22)20-6-5-18(13-15(20)7-8-27)31-9-11-34-12-10-31/h1-4,14-15,18,20H,5-7,9-13H2,(H2,28,33)(H,29,30)/t15-,18+,20-/m0/s1. The highest BCUT2D eigenvalue weighted by Crippen LogP contribution is 2.39. The molecule has 0 unspecified atom stereocenters. The van der Waals surface area contributed by atoms with E-state index in [1.807, 2.05) is 0 Å². The lowest BCUT2D eigenvalue weighted by Gasteiger charge is -2.42. The molecule has 34 heavy (non-hydrogen) atoms. The Morgan fingerprint density at radius 1 is 1.24 bits per heavy atom. The molecule has 2 fully saturated rings. The highest BCUT2D eigenvalue weighted by atomic mass is 19.4. The molecule has 0 spiro atoms. The second-order valence-corrected chi connectivity index (χ2v) is 8.74. The number of alkyl halides is 3. The van der Waals surface area contributed by atoms with Crippen molar-refractivity contribution in [2.24, 2.45) is 11.7 Å². The van der Waals surface area contributed by atoms with Crippen molar-refractivity contribution in [3.8, 4) is 6.07 Å². The zero-order chi connectivity index (χ0) is 24.3. The predicted molar refractivity (Wildman–Crippen MR) is 118 cm³/mol. The number of carbonyl (C=O) groups excluding carboxylic acids is 1. The van der Waals surface area contributed by atoms with Gasteiger partial charge in [0.2, 0.25) is 0 Å². The van der Waals surface area contributed by atoms with Gasteiger partial charge in [0, 0.05) is 37.4 Å². The van der Waals surface area contributed by atoms with Gasteiger partial charge in [-0.25, -0.2) is 0 Å². The quantitative estimate of drug-likeness (QED) is 0.658. The summed E-state index contributed by atoms with van der Waals surface area (Å²) < 4.78 is 45.7. The minimum Gasteiger partial charge on any atom is -0.379 e. The lowest BCUT2D eigenvalue weighted by molar-refractivity contribution is -0.137. The Hall–Kier alpha value is -3.10. The molecule has 2 heterocycles. The van der Waals surface area contributed by atoms with Crippen LogP contribution in [0.25, 0.3) is 0 Å². The number of nitrogens with two attached hydrogens (primary N) is 1. The smallest absolute Gasteiger partial charge is 0.379 e. The average molecular weight is 477 g/mol. The third-order valence-electron chi connectivity index (χ3n) is 6.64. The Balaban J connectivity index is 1.54. The Labute approximate surface area is 195 Å². The maximum absolute atomic E-state index is 12.8. The molecule has 3 atom stereocenters. The molecule has 2 aliphatic rings. The van der Waals surface area contributed by atoms with Crippen molar-refractivity contribution in [3.63, 3.8) is 0 Å². The van der Waals surface area contributed by atoms with Crippen molar-refractivity contribution in [1.29, 1.82) is 5.26 Å². The Morgan fingerprint density at radius 3 is 2.56 bits per heavy atom. The SMILES string of the molecule is N#CC[C@H]1C[C@H](N2CCOCC2)CC[C@@H]1n1cc(C(N)=O)c(Nc2ccc(C(F)(F)F)cc2)n1. The Morgan fingerprint density at radius 2 is 1.94 bits per heavy atom. The first-order valence-electron chi connectivity index (χ1n) is 11.3. The first kappa shape index (κ1) is 24.0. The zero-order valence-corrected chi connectivity index (χ0v) is 18.6. The van der Waals surface area contributed by atoms with E-state index in [0.717, 1.165) is 44.5 Å². The number of hydrogen-bond donors (Lipinski definition) is 2. The molecule has 1 saturated carbocycles. The summed E-state index contributed by atoms with van der Waals surface area (Å²) in [4.78, 5) is 14.5. The minimum atomic E-state index is -4.44. The Bertz CT molecular complexity index is 1040. The van der Waals surface area contributed by atoms with Crippen LogP contribution in [0.15, 0.2) is 30.5 Å². The third kappa shape index (κ3) is 5.34. The largest absolute Gasteiger partial charge is 0.416 e. The first-order chi connectivity index (χ1) is 16.3. The van der Waals surface area contributed by atoms with E-state index in [2.05, 4.69) is 21.4 Å². The highest BCUT2D eigenvalue weighted by Gasteiger charge is 2.36. The monoisotopic (exact) mass is 476 g/mol. The maximum Gasteiger partial charge on any atom is 0.416 e. The van der Waals surface area contributed by atoms with Crippen molar-refractivity contribution >= 4 is 17.4 Å². The Kier molecular flexibility index (Phi) is 7.09. The number of rotatable bonds is 6. The van der Waals surface area contributed by atoms with Gasteiger partial charge < -0.3 is 15.8 Å². The van der Waals surface area contributed by atoms with E-state index in [-0.39, 0.29) is 23.3 Å². The molecule has 1 amide bonds. The van der Waals surface area contributed by atoms with Gasteiger partial charge in [-0.1, -0.05) is 0 Å². The van der Waals surface area contributed by atoms with Crippen molar-refractivity contribution in [1.82, 2.24) is 14.7 Å². The number of primary amides is 1. The zero-order valence-electron chi connectivity index (χ0n) is 18.6. The molecule has 2 aromatic rings. The maximum atomic E-state index is 12.8. The van der Waals surface area contributed by atoms with Gasteiger partial charge in [0.1, 0.15) is 5.56 Å². The number of nitrogens with one attached hydrogen (secondary N) is 1. The van der Waals surface area contributed by atoms with Gasteiger partial charge >= 0.3 is 6.18 Å². The third-order valence-corrected chi connectivity index (χ3v) is 6.64. The summed E-state index contributed by atoms with van der Waals surface area (Å²) >= 11 is 0. The van der Waals surface area contributed by atoms with E-state index in [9.17, 15) is 23.2 Å². The van der Waals surface area contributed by atoms with Crippen LogP contribution in [-0.2, 0) is 10.9 Å². The molecule has 1 aliphatic carbocycles. The van der Waals surface area contributed by atoms with Gasteiger partial charge in [-0.3, -0.25) is 14.4 Å². The van der Waals surface area contributed by atoms with Gasteiger partial charge in [0.05, 0.1) is 30.9 Å². The number of halogens is 3. The number of ether oxygens (including phenoxy) is 1. The fraction of sp³-hybridized carbons (Fsp3) is 0.522. The average Bonchev–Trinajstić information content (AvgIpc) is 3.23. The fourth-order valence-corrected chi connectivity index (χ4v) is 4.90. The number of carbonyl (C=O) groups is 1. The number of nitrogens with zero attached hydrogens (tertiary/aromatic N) is 4. The van der Waals surface area contributed by atoms with E-state index >= 15 is 0 Å². The number of amides is 1. The molecule has 3 N–H and O–H groups in total. The van der Waals surface area contributed by atoms with Crippen molar-refractivity contribution in [2.75, 3.05) is 31.6 Å². The number of morpholine rings is 1. The van der Waals surface area contributed by atoms with Crippen molar-refractivity contribution < 1.29 is 22.7 Å². The molecule has 8 nitrogen and oxygen atoms in total. The highest BCUT2D eigenvalue weighted by molar-refractivity contribution is 5.98. The number of hydrogen-bond acceptors (Lipinski definition) is 6. The number of nitriles is 1. The molecule has 182 valence electrons. The number of benzene rings is 1. The van der Waals surface area contributed by atoms with Crippen LogP contribution in [0.2, 0.25) is 0 Å². The summed E-state index contributed by atoms with van der Waals surface area (Å²) in [7, 11) is 0. The van der Waals surface area contributed by atoms with Crippen LogP contribution in [0.5, 0.6) is 0 Å². The van der Waals surface area contributed by atoms with E-state index in [4.69, 9.17) is 10.5 Å². The second-order valence-electron chi connectivity index (χ2n) is 8.74. The first-order valence-corrected chi connectivity index (χ1v) is 11.3. The predicted octanol–water partition coefficient (Wildman–Crippen LogP) is 3.70. The molecule has 4 rings (SSSR count). The lowest BCUT2D eigenvalue weighted by Crippen LogP contribution is -2.47. The van der Waals surface area contributed by atoms with Gasteiger partial charge in [-0.05, 0) is 49.4 Å². The summed E-state index contributed by atoms with van der Waals surface area (Å²) in [5.41, 5.74) is 5.28. The van der Waals surface area contributed by atoms with Crippen LogP contribution in [0.4, 0.5) is 24.7 Å². The van der Waals surface area contributed by atoms with Crippen LogP contribution in [-0.4, -0.2) is 52.9 Å². The molecule has 1 saturated heterocycles. The molecular weight excluding hydrogens is 449 g/mol. The number of anilines is 2. The van der Waals surface area contributed by atoms with E-state index < -0.39 is 17.6 Å². The fourth-order valence-electron chi connectivity index (χ4n) is 4.90. The van der Waals surface area contributed by atoms with Crippen LogP contribution < -0.4 is 11.1 Å². The molecule has 0 radical (unpaired) electrons. The van der Waals surface area contributed by atoms with Crippen LogP contribution >= 0.6 is 0 Å². The van der Waals surface area contributed by atoms with Crippen LogP contribution in [0.1, 0.15) is 47.6 Å². The van der Waals surface area contributed by atoms with Crippen molar-refractivity contribution in [2.45, 2.75) is 43.9 Å². The minimum absolute atomic E-state index is 0.0474. The summed E-state index contributed by atoms with van der Waals surface area (Å²) in [6.45, 7) is 3.18. The van der Waals surface area contributed by atoms with E-state index in [1.54, 1.807) is 10.9 Å². The summed E-state index contributed by atoms with van der Waals surface area (Å²) in [6, 6.07) is 7.03. The molecule has 1 aromatic heterocycles. The summed E-state index contributed by atoms with van der Waals surface area (Å²) in [5, 5.41) is 16.9. The molecule has 0 bridgehead atoms. The topological polar surface area (TPSA) is 109 Å². The van der Waals surface area contributed by atoms with Gasteiger partial charge in [0.15, 0.2) is 5.82 Å². The van der Waals surface area contributed by atoms with Crippen molar-refractivity contribution in [3.05, 3.63) is 41.6 Å². The van der Waals surface area contributed by atoms with Gasteiger partial charge in [-0.15, -0.1) is 0 Å². The van der Waals surface area contributed by atoms with Crippen LogP contribution in [0, 0.1) is 17.2 Å². The lowest BCUT2D eigenvalue weighted by atomic mass is 9.79. The van der Waals surface area contributed by atoms with E-state index in [1.165, 1.54) is 12.1 Å². The molecule has 1 aromatic carbocycles. The summed E-state index contributed by atoms with van der Waals surface area (Å²) in [5.74, 6) is -0.469. The van der Waals surface area contributed by atoms with E-state index in [0.29, 0.717) is 31.4 Å². The molecule has 11 heteroatoms. The normalized spacial score (nSPS) is 23.9. The van der Waals surface area contributed by atoms with Gasteiger partial charge in [-0.2, -0.15) is 23.5 Å². The van der Waals surface area contributed by atoms with Gasteiger partial charge in [0.25, 0.3) is 5.91 Å². The summed E-state index contributed by atoms with van der Waals surface area (Å²) in [6.07, 6.45) is 0.0474. The number of aromatic nitrogens is 2. The molecular formula is C23H27F3N6O2.